The Balaban J connectivity index is 1.55. The van der Waals surface area contributed by atoms with Crippen LogP contribution >= 0.6 is 0 Å². The van der Waals surface area contributed by atoms with Gasteiger partial charge in [-0.05, 0) is 44.6 Å². The molecule has 0 spiro atoms. The lowest BCUT2D eigenvalue weighted by Crippen LogP contribution is -2.43. The Kier molecular flexibility index (Phi) is 5.26. The van der Waals surface area contributed by atoms with Crippen LogP contribution in [0.15, 0.2) is 0 Å². The van der Waals surface area contributed by atoms with Crippen molar-refractivity contribution in [2.75, 3.05) is 39.4 Å². The van der Waals surface area contributed by atoms with Gasteiger partial charge in [-0.25, -0.2) is 0 Å². The van der Waals surface area contributed by atoms with Crippen LogP contribution in [0.3, 0.4) is 0 Å². The summed E-state index contributed by atoms with van der Waals surface area (Å²) in [5, 5.41) is 3.58. The van der Waals surface area contributed by atoms with E-state index in [1.165, 1.54) is 32.4 Å². The fraction of sp³-hybridized carbons (Fsp3) is 1.00. The van der Waals surface area contributed by atoms with E-state index in [9.17, 15) is 0 Å². The molecule has 0 saturated carbocycles. The number of nitrogens with one attached hydrogen (secondary N) is 1. The predicted molar refractivity (Wildman–Crippen MR) is 71.2 cm³/mol. The predicted octanol–water partition coefficient (Wildman–Crippen LogP) is 1.73. The zero-order valence-electron chi connectivity index (χ0n) is 11.5. The fourth-order valence-corrected chi connectivity index (χ4v) is 3.06. The van der Waals surface area contributed by atoms with Gasteiger partial charge in [0.2, 0.25) is 0 Å². The average Bonchev–Trinajstić information content (AvgIpc) is 2.79. The molecule has 17 heavy (non-hydrogen) atoms. The number of hydrogen-bond acceptors (Lipinski definition) is 3. The molecule has 2 heterocycles. The normalized spacial score (nSPS) is 35.3. The van der Waals surface area contributed by atoms with Gasteiger partial charge < -0.3 is 10.1 Å². The molecule has 0 aromatic rings. The van der Waals surface area contributed by atoms with Gasteiger partial charge in [0.05, 0.1) is 6.61 Å². The van der Waals surface area contributed by atoms with Gasteiger partial charge in [0, 0.05) is 32.3 Å². The van der Waals surface area contributed by atoms with E-state index in [1.807, 2.05) is 0 Å². The summed E-state index contributed by atoms with van der Waals surface area (Å²) in [5.74, 6) is 1.68. The van der Waals surface area contributed by atoms with Gasteiger partial charge in [-0.1, -0.05) is 6.92 Å². The second-order valence-corrected chi connectivity index (χ2v) is 5.95. The molecule has 2 fully saturated rings. The molecule has 0 aromatic heterocycles. The SMILES string of the molecule is CC1CCN(CCNCC2CCOC2)C(C)C1. The van der Waals surface area contributed by atoms with Crippen molar-refractivity contribution in [1.82, 2.24) is 10.2 Å². The Bertz CT molecular complexity index is 216. The van der Waals surface area contributed by atoms with Crippen molar-refractivity contribution >= 4 is 0 Å². The molecule has 3 atom stereocenters. The Morgan fingerprint density at radius 1 is 1.29 bits per heavy atom. The minimum Gasteiger partial charge on any atom is -0.381 e. The van der Waals surface area contributed by atoms with Gasteiger partial charge in [0.15, 0.2) is 0 Å². The molecule has 100 valence electrons. The molecule has 0 bridgehead atoms. The first kappa shape index (κ1) is 13.3. The minimum atomic E-state index is 0.758. The summed E-state index contributed by atoms with van der Waals surface area (Å²) in [6.07, 6.45) is 3.99. The highest BCUT2D eigenvalue weighted by Gasteiger charge is 2.22. The summed E-state index contributed by atoms with van der Waals surface area (Å²) in [5.41, 5.74) is 0. The molecule has 0 amide bonds. The van der Waals surface area contributed by atoms with Crippen molar-refractivity contribution in [1.29, 1.82) is 0 Å². The summed E-state index contributed by atoms with van der Waals surface area (Å²) >= 11 is 0. The van der Waals surface area contributed by atoms with E-state index in [0.29, 0.717) is 0 Å². The third kappa shape index (κ3) is 4.23. The number of nitrogens with zero attached hydrogens (tertiary/aromatic N) is 1. The first-order valence-electron chi connectivity index (χ1n) is 7.28. The number of hydrogen-bond donors (Lipinski definition) is 1. The summed E-state index contributed by atoms with van der Waals surface area (Å²) < 4.78 is 5.38. The van der Waals surface area contributed by atoms with Crippen LogP contribution in [0.1, 0.15) is 33.1 Å². The van der Waals surface area contributed by atoms with E-state index < -0.39 is 0 Å². The zero-order chi connectivity index (χ0) is 12.1. The van der Waals surface area contributed by atoms with E-state index in [-0.39, 0.29) is 0 Å². The van der Waals surface area contributed by atoms with Crippen molar-refractivity contribution in [3.63, 3.8) is 0 Å². The lowest BCUT2D eigenvalue weighted by Gasteiger charge is -2.36. The van der Waals surface area contributed by atoms with E-state index in [4.69, 9.17) is 4.74 Å². The van der Waals surface area contributed by atoms with Crippen molar-refractivity contribution in [3.8, 4) is 0 Å². The van der Waals surface area contributed by atoms with Gasteiger partial charge in [0.1, 0.15) is 0 Å². The van der Waals surface area contributed by atoms with Crippen LogP contribution in [0, 0.1) is 11.8 Å². The summed E-state index contributed by atoms with van der Waals surface area (Å²) in [6, 6.07) is 0.773. The Labute approximate surface area is 106 Å². The van der Waals surface area contributed by atoms with Crippen LogP contribution in [-0.2, 0) is 4.74 Å². The molecule has 1 N–H and O–H groups in total. The van der Waals surface area contributed by atoms with Crippen molar-refractivity contribution < 1.29 is 4.74 Å². The lowest BCUT2D eigenvalue weighted by molar-refractivity contribution is 0.129. The molecule has 2 saturated heterocycles. The number of piperidine rings is 1. The topological polar surface area (TPSA) is 24.5 Å². The molecule has 2 rings (SSSR count). The van der Waals surface area contributed by atoms with Crippen molar-refractivity contribution in [2.24, 2.45) is 11.8 Å². The first-order valence-corrected chi connectivity index (χ1v) is 7.28. The van der Waals surface area contributed by atoms with Crippen LogP contribution in [0.25, 0.3) is 0 Å². The average molecular weight is 240 g/mol. The lowest BCUT2D eigenvalue weighted by atomic mass is 9.93. The molecule has 0 aliphatic carbocycles. The summed E-state index contributed by atoms with van der Waals surface area (Å²) in [4.78, 5) is 2.64. The van der Waals surface area contributed by atoms with E-state index >= 15 is 0 Å². The monoisotopic (exact) mass is 240 g/mol. The molecule has 3 unspecified atom stereocenters. The highest BCUT2D eigenvalue weighted by Crippen LogP contribution is 2.21. The van der Waals surface area contributed by atoms with E-state index in [0.717, 1.165) is 44.2 Å². The summed E-state index contributed by atoms with van der Waals surface area (Å²) in [7, 11) is 0. The standard InChI is InChI=1S/C14H28N2O/c1-12-3-6-16(13(2)9-12)7-5-15-10-14-4-8-17-11-14/h12-15H,3-11H2,1-2H3. The maximum Gasteiger partial charge on any atom is 0.0507 e. The van der Waals surface area contributed by atoms with Crippen LogP contribution in [-0.4, -0.2) is 50.3 Å². The zero-order valence-corrected chi connectivity index (χ0v) is 11.5. The molecular formula is C14H28N2O. The Morgan fingerprint density at radius 3 is 2.88 bits per heavy atom. The highest BCUT2D eigenvalue weighted by molar-refractivity contribution is 4.77. The molecule has 0 aromatic carbocycles. The van der Waals surface area contributed by atoms with Gasteiger partial charge in [-0.3, -0.25) is 4.90 Å². The van der Waals surface area contributed by atoms with E-state index in [1.54, 1.807) is 0 Å². The second-order valence-electron chi connectivity index (χ2n) is 5.95. The molecule has 2 aliphatic heterocycles. The molecule has 3 nitrogen and oxygen atoms in total. The van der Waals surface area contributed by atoms with Gasteiger partial charge in [0.25, 0.3) is 0 Å². The largest absolute Gasteiger partial charge is 0.381 e. The fourth-order valence-electron chi connectivity index (χ4n) is 3.06. The van der Waals surface area contributed by atoms with Crippen molar-refractivity contribution in [3.05, 3.63) is 0 Å². The number of likely N-dealkylation sites (tertiary alicyclic amines) is 1. The van der Waals surface area contributed by atoms with Crippen LogP contribution < -0.4 is 5.32 Å². The maximum absolute atomic E-state index is 5.38. The van der Waals surface area contributed by atoms with Crippen LogP contribution in [0.4, 0.5) is 0 Å². The van der Waals surface area contributed by atoms with Crippen LogP contribution in [0.2, 0.25) is 0 Å². The molecule has 2 aliphatic rings. The Morgan fingerprint density at radius 2 is 2.18 bits per heavy atom. The van der Waals surface area contributed by atoms with Gasteiger partial charge in [-0.2, -0.15) is 0 Å². The highest BCUT2D eigenvalue weighted by atomic mass is 16.5. The van der Waals surface area contributed by atoms with Gasteiger partial charge >= 0.3 is 0 Å². The maximum atomic E-state index is 5.38. The smallest absolute Gasteiger partial charge is 0.0507 e. The number of rotatable bonds is 5. The quantitative estimate of drug-likeness (QED) is 0.741. The molecular weight excluding hydrogens is 212 g/mol. The van der Waals surface area contributed by atoms with Crippen LogP contribution in [0.5, 0.6) is 0 Å². The van der Waals surface area contributed by atoms with Crippen molar-refractivity contribution in [2.45, 2.75) is 39.2 Å². The number of ether oxygens (including phenoxy) is 1. The van der Waals surface area contributed by atoms with Gasteiger partial charge in [-0.15, -0.1) is 0 Å². The third-order valence-corrected chi connectivity index (χ3v) is 4.31. The van der Waals surface area contributed by atoms with E-state index in [2.05, 4.69) is 24.1 Å². The minimum absolute atomic E-state index is 0.758. The molecule has 0 radical (unpaired) electrons. The molecule has 3 heteroatoms. The third-order valence-electron chi connectivity index (χ3n) is 4.31. The Hall–Kier alpha value is -0.120. The first-order chi connectivity index (χ1) is 8.25. The summed E-state index contributed by atoms with van der Waals surface area (Å²) in [6.45, 7) is 11.5. The second kappa shape index (κ2) is 6.72.